The van der Waals surface area contributed by atoms with Crippen molar-refractivity contribution in [2.45, 2.75) is 0 Å². The Morgan fingerprint density at radius 1 is 0.833 bits per heavy atom. The van der Waals surface area contributed by atoms with Crippen LogP contribution in [0.25, 0.3) is 0 Å². The van der Waals surface area contributed by atoms with Crippen LogP contribution in [0.5, 0.6) is 0 Å². The van der Waals surface area contributed by atoms with Crippen LogP contribution < -0.4 is 0 Å². The first-order valence-electron chi connectivity index (χ1n) is 0.114. The minimum atomic E-state index is 0. The van der Waals surface area contributed by atoms with E-state index in [0.717, 1.165) is 0 Å². The van der Waals surface area contributed by atoms with Gasteiger partial charge in [0.1, 0.15) is 0 Å². The maximum atomic E-state index is 4.58. The molecule has 0 amide bonds. The van der Waals surface area contributed by atoms with Crippen molar-refractivity contribution in [3.63, 3.8) is 0 Å². The molecule has 0 aromatic heterocycles. The quantitative estimate of drug-likeness (QED) is 0.365. The molecule has 0 nitrogen and oxygen atoms in total. The third-order valence-electron chi connectivity index (χ3n) is 0. The van der Waals surface area contributed by atoms with Crippen molar-refractivity contribution in [3.8, 4) is 0 Å². The van der Waals surface area contributed by atoms with E-state index in [1.807, 2.05) is 0 Å². The zero-order valence-corrected chi connectivity index (χ0v) is 8.72. The topological polar surface area (TPSA) is 0 Å². The van der Waals surface area contributed by atoms with Gasteiger partial charge in [-0.15, -0.1) is 0 Å². The Kier molecular flexibility index (Phi) is 774. The van der Waals surface area contributed by atoms with Crippen LogP contribution in [0.1, 0.15) is 0 Å². The van der Waals surface area contributed by atoms with Crippen molar-refractivity contribution in [2.75, 3.05) is 0 Å². The molecule has 0 fully saturated rings. The molecule has 1 atom stereocenters. The predicted molar refractivity (Wildman–Crippen MR) is 36.2 cm³/mol. The number of hydrogen-bond acceptors (Lipinski definition) is 0. The normalized spacial score (nSPS) is 1.17. The molecule has 0 aliphatic rings. The average molecular weight is 312 g/mol. The van der Waals surface area contributed by atoms with Crippen molar-refractivity contribution < 1.29 is 20.0 Å². The molecule has 3 heteroatoms. The number of hydrogen-bond donors (Lipinski definition) is 0. The molecule has 0 heterocycles. The van der Waals surface area contributed by atoms with Crippen LogP contribution in [0.3, 0.4) is 0 Å². The van der Waals surface area contributed by atoms with Gasteiger partial charge in [-0.25, -0.2) is 0 Å². The number of halogens is 1. The van der Waals surface area contributed by atoms with E-state index in [-0.39, 0.29) is 32.2 Å². The SMILES string of the molecule is P.[CH3-].[CH3-].[CH3-].[Cl][Au]. The van der Waals surface area contributed by atoms with E-state index in [0.29, 0.717) is 0 Å². The summed E-state index contributed by atoms with van der Waals surface area (Å²) < 4.78 is 0. The average Bonchev–Trinajstić information content (AvgIpc) is 1.00. The van der Waals surface area contributed by atoms with E-state index >= 15 is 0 Å². The molecule has 0 bridgehead atoms. The van der Waals surface area contributed by atoms with Gasteiger partial charge in [-0.05, 0) is 0 Å². The standard InChI is InChI=1S/3CH3.Au.ClH.H3P/h3*1H3;;1H;1H3/q3*-1;+1;;/p-1. The summed E-state index contributed by atoms with van der Waals surface area (Å²) >= 11 is 1.75. The van der Waals surface area contributed by atoms with Crippen LogP contribution in [0.15, 0.2) is 0 Å². The summed E-state index contributed by atoms with van der Waals surface area (Å²) in [7, 11) is 4.58. The van der Waals surface area contributed by atoms with E-state index in [1.165, 1.54) is 0 Å². The molecule has 0 radical (unpaired) electrons. The predicted octanol–water partition coefficient (Wildman–Crippen LogP) is 2.10. The van der Waals surface area contributed by atoms with Gasteiger partial charge < -0.3 is 22.3 Å². The molecule has 0 aliphatic carbocycles. The van der Waals surface area contributed by atoms with Crippen LogP contribution in [-0.2, 0) is 20.0 Å². The van der Waals surface area contributed by atoms with Crippen LogP contribution >= 0.6 is 19.1 Å². The second-order valence-electron chi connectivity index (χ2n) is 0. The molecule has 0 N–H and O–H groups in total. The zero-order valence-electron chi connectivity index (χ0n) is 4.39. The first-order chi connectivity index (χ1) is 1.00. The third-order valence-corrected chi connectivity index (χ3v) is 0. The molecule has 0 aromatic rings. The molecular formula is C3H12AuClP-3. The van der Waals surface area contributed by atoms with Crippen molar-refractivity contribution in [1.82, 2.24) is 0 Å². The van der Waals surface area contributed by atoms with Crippen molar-refractivity contribution >= 4 is 19.1 Å². The summed E-state index contributed by atoms with van der Waals surface area (Å²) in [6.07, 6.45) is 0. The van der Waals surface area contributed by atoms with E-state index in [4.69, 9.17) is 0 Å². The first-order valence-corrected chi connectivity index (χ1v) is 2.80. The second kappa shape index (κ2) is 90.3. The summed E-state index contributed by atoms with van der Waals surface area (Å²) in [6, 6.07) is 0. The molecule has 0 rings (SSSR count). The van der Waals surface area contributed by atoms with Gasteiger partial charge in [0.2, 0.25) is 0 Å². The van der Waals surface area contributed by atoms with Gasteiger partial charge in [0, 0.05) is 0 Å². The van der Waals surface area contributed by atoms with Gasteiger partial charge in [0.05, 0.1) is 0 Å². The fraction of sp³-hybridized carbons (Fsp3) is 0. The van der Waals surface area contributed by atoms with Gasteiger partial charge in [-0.3, -0.25) is 0 Å². The molecule has 0 saturated carbocycles. The zero-order chi connectivity index (χ0) is 2.00. The van der Waals surface area contributed by atoms with Crippen molar-refractivity contribution in [2.24, 2.45) is 0 Å². The van der Waals surface area contributed by atoms with Gasteiger partial charge in [-0.2, -0.15) is 9.90 Å². The molecule has 50 valence electrons. The van der Waals surface area contributed by atoms with E-state index < -0.39 is 0 Å². The molecule has 0 aliphatic heterocycles. The fourth-order valence-corrected chi connectivity index (χ4v) is 0. The molecule has 0 spiro atoms. The summed E-state index contributed by atoms with van der Waals surface area (Å²) in [5.41, 5.74) is 0. The van der Waals surface area contributed by atoms with Crippen molar-refractivity contribution in [3.05, 3.63) is 22.3 Å². The Balaban J connectivity index is -0.000000000833. The fourth-order valence-electron chi connectivity index (χ4n) is 0. The molecular weight excluding hydrogens is 299 g/mol. The van der Waals surface area contributed by atoms with Gasteiger partial charge in [-0.1, -0.05) is 0 Å². The van der Waals surface area contributed by atoms with Crippen LogP contribution in [0.4, 0.5) is 0 Å². The molecule has 0 saturated heterocycles. The maximum absolute atomic E-state index is 4.58. The summed E-state index contributed by atoms with van der Waals surface area (Å²) in [5, 5.41) is 0. The van der Waals surface area contributed by atoms with E-state index in [9.17, 15) is 0 Å². The van der Waals surface area contributed by atoms with E-state index in [1.54, 1.807) is 20.0 Å². The van der Waals surface area contributed by atoms with Gasteiger partial charge in [0.25, 0.3) is 0 Å². The van der Waals surface area contributed by atoms with E-state index in [2.05, 4.69) is 9.19 Å². The molecule has 0 aromatic carbocycles. The Hall–Kier alpha value is 1.46. The second-order valence-corrected chi connectivity index (χ2v) is 0. The Bertz CT molecular complexity index is 10.8. The van der Waals surface area contributed by atoms with Gasteiger partial charge >= 0.3 is 29.2 Å². The summed E-state index contributed by atoms with van der Waals surface area (Å²) in [6.45, 7) is 0. The van der Waals surface area contributed by atoms with Crippen LogP contribution in [0.2, 0.25) is 0 Å². The third kappa shape index (κ3) is 50.9. The Morgan fingerprint density at radius 3 is 0.833 bits per heavy atom. The Morgan fingerprint density at radius 2 is 0.833 bits per heavy atom. The molecule has 1 unspecified atom stereocenters. The monoisotopic (exact) mass is 311 g/mol. The van der Waals surface area contributed by atoms with Crippen LogP contribution in [0, 0.1) is 22.3 Å². The van der Waals surface area contributed by atoms with Crippen LogP contribution in [-0.4, -0.2) is 0 Å². The minimum absolute atomic E-state index is 0. The Labute approximate surface area is 61.4 Å². The summed E-state index contributed by atoms with van der Waals surface area (Å²) in [5.74, 6) is 0. The van der Waals surface area contributed by atoms with Gasteiger partial charge in [0.15, 0.2) is 0 Å². The summed E-state index contributed by atoms with van der Waals surface area (Å²) in [4.78, 5) is 0. The first kappa shape index (κ1) is 51.4. The molecule has 6 heavy (non-hydrogen) atoms. The van der Waals surface area contributed by atoms with Crippen molar-refractivity contribution in [1.29, 1.82) is 0 Å². The number of rotatable bonds is 0.